The molecule has 1 rings (SSSR count). The molecule has 0 heterocycles. The normalized spacial score (nSPS) is 9.57. The lowest BCUT2D eigenvalue weighted by Crippen LogP contribution is -2.27. The molecule has 0 N–H and O–H groups in total. The number of hydrogen-bond donors (Lipinski definition) is 0. The third-order valence-corrected chi connectivity index (χ3v) is 2.27. The number of hydrogen-bond acceptors (Lipinski definition) is 2. The molecular weight excluding hydrogens is 218 g/mol. The van der Waals surface area contributed by atoms with Gasteiger partial charge in [-0.25, -0.2) is 0 Å². The van der Waals surface area contributed by atoms with Crippen LogP contribution in [-0.2, 0) is 4.74 Å². The zero-order valence-electron chi connectivity index (χ0n) is 7.94. The second-order valence-electron chi connectivity index (χ2n) is 2.70. The number of benzene rings is 1. The van der Waals surface area contributed by atoms with Crippen LogP contribution in [0.5, 0.6) is 0 Å². The summed E-state index contributed by atoms with van der Waals surface area (Å²) in [6.07, 6.45) is 0. The number of ether oxygens (including phenoxy) is 1. The highest BCUT2D eigenvalue weighted by atomic mass is 35.5. The molecular formula is C10H12ClNOS. The Labute approximate surface area is 94.4 Å². The first-order valence-electron chi connectivity index (χ1n) is 4.27. The zero-order valence-corrected chi connectivity index (χ0v) is 9.52. The second kappa shape index (κ2) is 5.83. The van der Waals surface area contributed by atoms with Crippen molar-refractivity contribution in [2.75, 3.05) is 24.4 Å². The summed E-state index contributed by atoms with van der Waals surface area (Å²) in [6.45, 7) is 0.442. The molecule has 1 aromatic rings. The van der Waals surface area contributed by atoms with Gasteiger partial charge in [0.2, 0.25) is 0 Å². The van der Waals surface area contributed by atoms with Crippen molar-refractivity contribution in [2.24, 2.45) is 0 Å². The van der Waals surface area contributed by atoms with E-state index >= 15 is 0 Å². The predicted octanol–water partition coefficient (Wildman–Crippen LogP) is 2.66. The molecule has 0 aliphatic rings. The van der Waals surface area contributed by atoms with Crippen LogP contribution in [0.4, 0.5) is 5.69 Å². The van der Waals surface area contributed by atoms with Crippen LogP contribution in [0.3, 0.4) is 0 Å². The molecule has 0 spiro atoms. The Morgan fingerprint density at radius 3 is 2.64 bits per heavy atom. The van der Waals surface area contributed by atoms with Crippen molar-refractivity contribution in [3.8, 4) is 0 Å². The topological polar surface area (TPSA) is 12.5 Å². The summed E-state index contributed by atoms with van der Waals surface area (Å²) in [4.78, 5) is 1.81. The first-order valence-corrected chi connectivity index (χ1v) is 5.21. The van der Waals surface area contributed by atoms with E-state index in [0.29, 0.717) is 17.7 Å². The number of halogens is 1. The SMILES string of the molecule is CN(C(=S)OCCCl)c1ccccc1. The Morgan fingerprint density at radius 1 is 1.43 bits per heavy atom. The van der Waals surface area contributed by atoms with Gasteiger partial charge in [0, 0.05) is 12.7 Å². The van der Waals surface area contributed by atoms with Crippen molar-refractivity contribution in [2.45, 2.75) is 0 Å². The van der Waals surface area contributed by atoms with Crippen LogP contribution in [0, 0.1) is 0 Å². The molecule has 0 aromatic heterocycles. The minimum absolute atomic E-state index is 0.442. The molecule has 0 aliphatic heterocycles. The third-order valence-electron chi connectivity index (χ3n) is 1.72. The summed E-state index contributed by atoms with van der Waals surface area (Å²) >= 11 is 10.6. The van der Waals surface area contributed by atoms with Gasteiger partial charge in [0.25, 0.3) is 5.17 Å². The maximum atomic E-state index is 5.49. The fourth-order valence-electron chi connectivity index (χ4n) is 0.980. The van der Waals surface area contributed by atoms with Crippen molar-refractivity contribution in [1.29, 1.82) is 0 Å². The number of anilines is 1. The van der Waals surface area contributed by atoms with Crippen LogP contribution >= 0.6 is 23.8 Å². The third kappa shape index (κ3) is 3.16. The Hall–Kier alpha value is -0.800. The molecule has 0 saturated heterocycles. The van der Waals surface area contributed by atoms with Crippen molar-refractivity contribution in [3.63, 3.8) is 0 Å². The molecule has 14 heavy (non-hydrogen) atoms. The van der Waals surface area contributed by atoms with E-state index in [1.807, 2.05) is 42.3 Å². The molecule has 1 aromatic carbocycles. The molecule has 0 atom stereocenters. The van der Waals surface area contributed by atoms with Crippen molar-refractivity contribution >= 4 is 34.7 Å². The summed E-state index contributed by atoms with van der Waals surface area (Å²) in [5.74, 6) is 0.447. The lowest BCUT2D eigenvalue weighted by molar-refractivity contribution is 0.332. The number of alkyl halides is 1. The van der Waals surface area contributed by atoms with E-state index in [1.54, 1.807) is 0 Å². The van der Waals surface area contributed by atoms with Crippen LogP contribution in [0.15, 0.2) is 30.3 Å². The molecule has 2 nitrogen and oxygen atoms in total. The van der Waals surface area contributed by atoms with Gasteiger partial charge in [-0.3, -0.25) is 0 Å². The van der Waals surface area contributed by atoms with Gasteiger partial charge < -0.3 is 9.64 Å². The highest BCUT2D eigenvalue weighted by Gasteiger charge is 2.06. The van der Waals surface area contributed by atoms with E-state index in [4.69, 9.17) is 28.6 Å². The number of rotatable bonds is 3. The minimum Gasteiger partial charge on any atom is -0.469 e. The van der Waals surface area contributed by atoms with Gasteiger partial charge >= 0.3 is 0 Å². The average Bonchev–Trinajstić information content (AvgIpc) is 2.26. The largest absolute Gasteiger partial charge is 0.469 e. The fraction of sp³-hybridized carbons (Fsp3) is 0.300. The quantitative estimate of drug-likeness (QED) is 0.584. The van der Waals surface area contributed by atoms with Gasteiger partial charge in [0.05, 0.1) is 5.88 Å². The Morgan fingerprint density at radius 2 is 2.07 bits per heavy atom. The van der Waals surface area contributed by atoms with E-state index < -0.39 is 0 Å². The number of para-hydroxylation sites is 1. The summed E-state index contributed by atoms with van der Waals surface area (Å²) in [6, 6.07) is 9.80. The van der Waals surface area contributed by atoms with Gasteiger partial charge in [-0.1, -0.05) is 18.2 Å². The second-order valence-corrected chi connectivity index (χ2v) is 3.43. The summed E-state index contributed by atoms with van der Waals surface area (Å²) in [5, 5.41) is 0.442. The highest BCUT2D eigenvalue weighted by molar-refractivity contribution is 7.80. The van der Waals surface area contributed by atoms with Gasteiger partial charge in [-0.15, -0.1) is 11.6 Å². The smallest absolute Gasteiger partial charge is 0.263 e. The van der Waals surface area contributed by atoms with Crippen LogP contribution in [0.1, 0.15) is 0 Å². The Balaban J connectivity index is 2.57. The van der Waals surface area contributed by atoms with Crippen LogP contribution < -0.4 is 4.90 Å². The van der Waals surface area contributed by atoms with Gasteiger partial charge in [-0.2, -0.15) is 0 Å². The maximum Gasteiger partial charge on any atom is 0.263 e. The Kier molecular flexibility index (Phi) is 4.70. The lowest BCUT2D eigenvalue weighted by Gasteiger charge is -2.19. The molecule has 0 amide bonds. The molecule has 0 saturated carbocycles. The van der Waals surface area contributed by atoms with E-state index in [-0.39, 0.29) is 0 Å². The van der Waals surface area contributed by atoms with Crippen LogP contribution in [-0.4, -0.2) is 24.7 Å². The first kappa shape index (κ1) is 11.3. The maximum absolute atomic E-state index is 5.49. The van der Waals surface area contributed by atoms with Gasteiger partial charge in [0.15, 0.2) is 0 Å². The molecule has 0 radical (unpaired) electrons. The van der Waals surface area contributed by atoms with Crippen LogP contribution in [0.25, 0.3) is 0 Å². The predicted molar refractivity (Wildman–Crippen MR) is 64.1 cm³/mol. The van der Waals surface area contributed by atoms with E-state index in [2.05, 4.69) is 0 Å². The van der Waals surface area contributed by atoms with Gasteiger partial charge in [0.1, 0.15) is 6.61 Å². The van der Waals surface area contributed by atoms with E-state index in [0.717, 1.165) is 5.69 Å². The van der Waals surface area contributed by atoms with Crippen LogP contribution in [0.2, 0.25) is 0 Å². The van der Waals surface area contributed by atoms with E-state index in [1.165, 1.54) is 0 Å². The lowest BCUT2D eigenvalue weighted by atomic mass is 10.3. The molecule has 4 heteroatoms. The Bertz CT molecular complexity index is 291. The molecule has 0 bridgehead atoms. The van der Waals surface area contributed by atoms with Crippen molar-refractivity contribution < 1.29 is 4.74 Å². The molecule has 76 valence electrons. The summed E-state index contributed by atoms with van der Waals surface area (Å²) in [7, 11) is 1.87. The summed E-state index contributed by atoms with van der Waals surface area (Å²) in [5.41, 5.74) is 1.01. The van der Waals surface area contributed by atoms with Gasteiger partial charge in [-0.05, 0) is 24.4 Å². The zero-order chi connectivity index (χ0) is 10.4. The highest BCUT2D eigenvalue weighted by Crippen LogP contribution is 2.11. The summed E-state index contributed by atoms with van der Waals surface area (Å²) < 4.78 is 5.23. The number of nitrogens with zero attached hydrogens (tertiary/aromatic N) is 1. The fourth-order valence-corrected chi connectivity index (χ4v) is 1.25. The van der Waals surface area contributed by atoms with E-state index in [9.17, 15) is 0 Å². The minimum atomic E-state index is 0.442. The molecule has 0 fully saturated rings. The van der Waals surface area contributed by atoms with Crippen molar-refractivity contribution in [1.82, 2.24) is 0 Å². The molecule has 0 unspecified atom stereocenters. The number of thiocarbonyl (C=S) groups is 1. The van der Waals surface area contributed by atoms with Crippen molar-refractivity contribution in [3.05, 3.63) is 30.3 Å². The monoisotopic (exact) mass is 229 g/mol. The first-order chi connectivity index (χ1) is 6.75. The molecule has 0 aliphatic carbocycles. The average molecular weight is 230 g/mol. The standard InChI is InChI=1S/C10H12ClNOS/c1-12(10(14)13-8-7-11)9-5-3-2-4-6-9/h2-6H,7-8H2,1H3.